The van der Waals surface area contributed by atoms with E-state index in [0.717, 1.165) is 31.6 Å². The lowest BCUT2D eigenvalue weighted by Crippen LogP contribution is -2.54. The molecule has 116 valence electrons. The summed E-state index contributed by atoms with van der Waals surface area (Å²) >= 11 is 0. The zero-order valence-corrected chi connectivity index (χ0v) is 13.4. The molecule has 5 nitrogen and oxygen atoms in total. The average Bonchev–Trinajstić information content (AvgIpc) is 3.21. The van der Waals surface area contributed by atoms with Crippen molar-refractivity contribution in [2.75, 3.05) is 18.0 Å². The van der Waals surface area contributed by atoms with Crippen LogP contribution in [-0.2, 0) is 10.0 Å². The molecule has 0 aromatic heterocycles. The van der Waals surface area contributed by atoms with E-state index in [-0.39, 0.29) is 6.04 Å². The van der Waals surface area contributed by atoms with Gasteiger partial charge in [-0.05, 0) is 38.8 Å². The lowest BCUT2D eigenvalue weighted by Gasteiger charge is -2.38. The topological polar surface area (TPSA) is 61.4 Å². The van der Waals surface area contributed by atoms with Gasteiger partial charge >= 0.3 is 0 Å². The van der Waals surface area contributed by atoms with Crippen molar-refractivity contribution in [1.82, 2.24) is 10.0 Å². The summed E-state index contributed by atoms with van der Waals surface area (Å²) in [7, 11) is -3.42. The number of nitrogens with one attached hydrogen (secondary N) is 2. The fraction of sp³-hybridized carbons (Fsp3) is 0.600. The minimum Gasteiger partial charge on any atom is -0.367 e. The molecular formula is C15H23N3O2S. The number of anilines is 1. The Morgan fingerprint density at radius 2 is 1.76 bits per heavy atom. The second-order valence-electron chi connectivity index (χ2n) is 6.24. The zero-order chi connectivity index (χ0) is 15.0. The molecule has 1 saturated carbocycles. The molecule has 2 atom stereocenters. The van der Waals surface area contributed by atoms with Crippen molar-refractivity contribution in [2.24, 2.45) is 0 Å². The molecule has 2 N–H and O–H groups in total. The zero-order valence-electron chi connectivity index (χ0n) is 12.5. The van der Waals surface area contributed by atoms with E-state index in [4.69, 9.17) is 0 Å². The highest BCUT2D eigenvalue weighted by Crippen LogP contribution is 2.29. The normalized spacial score (nSPS) is 26.9. The molecule has 3 rings (SSSR count). The highest BCUT2D eigenvalue weighted by atomic mass is 32.2. The van der Waals surface area contributed by atoms with Crippen molar-refractivity contribution < 1.29 is 8.42 Å². The van der Waals surface area contributed by atoms with Crippen molar-refractivity contribution in [1.29, 1.82) is 0 Å². The van der Waals surface area contributed by atoms with Crippen LogP contribution in [0, 0.1) is 0 Å². The molecule has 1 aliphatic carbocycles. The van der Waals surface area contributed by atoms with Gasteiger partial charge in [-0.3, -0.25) is 0 Å². The Bertz CT molecular complexity index is 603. The number of sulfonamides is 1. The number of piperazine rings is 1. The SMILES string of the molecule is CC1CN(c2ccccc2S(=O)(=O)NC2CC2)CC(C)N1. The maximum Gasteiger partial charge on any atom is 0.242 e. The molecule has 0 amide bonds. The summed E-state index contributed by atoms with van der Waals surface area (Å²) in [6.07, 6.45) is 1.90. The maximum absolute atomic E-state index is 12.6. The number of rotatable bonds is 4. The largest absolute Gasteiger partial charge is 0.367 e. The van der Waals surface area contributed by atoms with Crippen molar-refractivity contribution in [2.45, 2.75) is 49.7 Å². The Labute approximate surface area is 126 Å². The quantitative estimate of drug-likeness (QED) is 0.880. The molecule has 1 heterocycles. The van der Waals surface area contributed by atoms with Gasteiger partial charge in [0, 0.05) is 31.2 Å². The van der Waals surface area contributed by atoms with Crippen LogP contribution in [0.25, 0.3) is 0 Å². The summed E-state index contributed by atoms with van der Waals surface area (Å²) < 4.78 is 27.9. The molecule has 1 aromatic carbocycles. The van der Waals surface area contributed by atoms with Crippen LogP contribution in [0.1, 0.15) is 26.7 Å². The maximum atomic E-state index is 12.6. The van der Waals surface area contributed by atoms with Crippen LogP contribution in [0.3, 0.4) is 0 Å². The second-order valence-corrected chi connectivity index (χ2v) is 7.92. The van der Waals surface area contributed by atoms with Gasteiger partial charge < -0.3 is 10.2 Å². The predicted molar refractivity (Wildman–Crippen MR) is 84.1 cm³/mol. The predicted octanol–water partition coefficient (Wildman–Crippen LogP) is 1.31. The molecule has 0 radical (unpaired) electrons. The minimum absolute atomic E-state index is 0.129. The second kappa shape index (κ2) is 5.59. The summed E-state index contributed by atoms with van der Waals surface area (Å²) in [6.45, 7) is 5.89. The van der Waals surface area contributed by atoms with Crippen LogP contribution < -0.4 is 14.9 Å². The lowest BCUT2D eigenvalue weighted by molar-refractivity contribution is 0.405. The van der Waals surface area contributed by atoms with Gasteiger partial charge in [-0.15, -0.1) is 0 Å². The molecule has 2 fully saturated rings. The van der Waals surface area contributed by atoms with Gasteiger partial charge in [-0.25, -0.2) is 13.1 Å². The molecule has 1 aromatic rings. The summed E-state index contributed by atoms with van der Waals surface area (Å²) in [4.78, 5) is 2.58. The third-order valence-electron chi connectivity index (χ3n) is 3.95. The van der Waals surface area contributed by atoms with Gasteiger partial charge in [0.2, 0.25) is 10.0 Å². The van der Waals surface area contributed by atoms with Gasteiger partial charge in [-0.1, -0.05) is 12.1 Å². The molecule has 21 heavy (non-hydrogen) atoms. The monoisotopic (exact) mass is 309 g/mol. The molecule has 0 bridgehead atoms. The number of nitrogens with zero attached hydrogens (tertiary/aromatic N) is 1. The third kappa shape index (κ3) is 3.39. The van der Waals surface area contributed by atoms with E-state index in [1.165, 1.54) is 0 Å². The fourth-order valence-electron chi connectivity index (χ4n) is 2.95. The van der Waals surface area contributed by atoms with Gasteiger partial charge in [0.25, 0.3) is 0 Å². The van der Waals surface area contributed by atoms with Crippen molar-refractivity contribution >= 4 is 15.7 Å². The minimum atomic E-state index is -3.42. The third-order valence-corrected chi connectivity index (χ3v) is 5.52. The van der Waals surface area contributed by atoms with E-state index in [1.54, 1.807) is 12.1 Å². The van der Waals surface area contributed by atoms with Crippen LogP contribution in [0.4, 0.5) is 5.69 Å². The van der Waals surface area contributed by atoms with Crippen LogP contribution in [0.5, 0.6) is 0 Å². The molecule has 2 aliphatic rings. The smallest absolute Gasteiger partial charge is 0.242 e. The van der Waals surface area contributed by atoms with Crippen LogP contribution in [0.15, 0.2) is 29.2 Å². The van der Waals surface area contributed by atoms with Gasteiger partial charge in [0.15, 0.2) is 0 Å². The summed E-state index contributed by atoms with van der Waals surface area (Å²) in [5, 5.41) is 3.47. The average molecular weight is 309 g/mol. The van der Waals surface area contributed by atoms with Crippen molar-refractivity contribution in [3.8, 4) is 0 Å². The van der Waals surface area contributed by atoms with Crippen molar-refractivity contribution in [3.63, 3.8) is 0 Å². The number of benzene rings is 1. The summed E-state index contributed by atoms with van der Waals surface area (Å²) in [5.41, 5.74) is 0.811. The fourth-order valence-corrected chi connectivity index (χ4v) is 4.48. The number of hydrogen-bond acceptors (Lipinski definition) is 4. The Hall–Kier alpha value is -1.11. The number of hydrogen-bond donors (Lipinski definition) is 2. The van der Waals surface area contributed by atoms with Crippen molar-refractivity contribution in [3.05, 3.63) is 24.3 Å². The molecule has 1 saturated heterocycles. The van der Waals surface area contributed by atoms with Crippen LogP contribution in [-0.4, -0.2) is 39.6 Å². The Morgan fingerprint density at radius 1 is 1.14 bits per heavy atom. The molecule has 2 unspecified atom stereocenters. The highest BCUT2D eigenvalue weighted by Gasteiger charge is 2.31. The lowest BCUT2D eigenvalue weighted by atomic mass is 10.1. The first-order valence-electron chi connectivity index (χ1n) is 7.58. The number of para-hydroxylation sites is 1. The van der Waals surface area contributed by atoms with E-state index in [2.05, 4.69) is 28.8 Å². The Balaban J connectivity index is 1.91. The highest BCUT2D eigenvalue weighted by molar-refractivity contribution is 7.89. The first-order valence-corrected chi connectivity index (χ1v) is 9.06. The van der Waals surface area contributed by atoms with Gasteiger partial charge in [0.05, 0.1) is 5.69 Å². The first kappa shape index (κ1) is 14.8. The molecule has 6 heteroatoms. The first-order chi connectivity index (χ1) is 9.95. The van der Waals surface area contributed by atoms with Gasteiger partial charge in [-0.2, -0.15) is 0 Å². The Morgan fingerprint density at radius 3 is 2.38 bits per heavy atom. The summed E-state index contributed by atoms with van der Waals surface area (Å²) in [5.74, 6) is 0. The standard InChI is InChI=1S/C15H23N3O2S/c1-11-9-18(10-12(2)16-11)14-5-3-4-6-15(14)21(19,20)17-13-7-8-13/h3-6,11-13,16-17H,7-10H2,1-2H3. The van der Waals surface area contributed by atoms with E-state index in [0.29, 0.717) is 17.0 Å². The van der Waals surface area contributed by atoms with Crippen LogP contribution in [0.2, 0.25) is 0 Å². The molecule has 0 spiro atoms. The molecule has 1 aliphatic heterocycles. The summed E-state index contributed by atoms with van der Waals surface area (Å²) in [6, 6.07) is 8.14. The van der Waals surface area contributed by atoms with Crippen LogP contribution >= 0.6 is 0 Å². The van der Waals surface area contributed by atoms with Gasteiger partial charge in [0.1, 0.15) is 4.90 Å². The van der Waals surface area contributed by atoms with E-state index in [9.17, 15) is 8.42 Å². The van der Waals surface area contributed by atoms with E-state index in [1.807, 2.05) is 12.1 Å². The van der Waals surface area contributed by atoms with E-state index >= 15 is 0 Å². The Kier molecular flexibility index (Phi) is 3.94. The molecular weight excluding hydrogens is 286 g/mol. The van der Waals surface area contributed by atoms with E-state index < -0.39 is 10.0 Å².